The molecule has 0 radical (unpaired) electrons. The van der Waals surface area contributed by atoms with Gasteiger partial charge in [0.2, 0.25) is 0 Å². The minimum atomic E-state index is -0.733. The number of halogens is 1. The van der Waals surface area contributed by atoms with Gasteiger partial charge in [-0.25, -0.2) is 4.39 Å². The van der Waals surface area contributed by atoms with Crippen LogP contribution in [0.4, 0.5) is 4.39 Å². The third-order valence-corrected chi connectivity index (χ3v) is 4.00. The number of rotatable bonds is 1. The fourth-order valence-electron chi connectivity index (χ4n) is 2.13. The molecule has 1 aromatic rings. The van der Waals surface area contributed by atoms with E-state index in [0.29, 0.717) is 0 Å². The average molecular weight is 226 g/mol. The number of hydrogen-bond acceptors (Lipinski definition) is 2. The van der Waals surface area contributed by atoms with Crippen LogP contribution in [0.2, 0.25) is 0 Å². The highest BCUT2D eigenvalue weighted by Gasteiger charge is 2.32. The topological polar surface area (TPSA) is 20.2 Å². The van der Waals surface area contributed by atoms with Crippen LogP contribution >= 0.6 is 11.8 Å². The van der Waals surface area contributed by atoms with E-state index < -0.39 is 5.60 Å². The molecule has 0 spiro atoms. The highest BCUT2D eigenvalue weighted by Crippen LogP contribution is 2.37. The Morgan fingerprint density at radius 1 is 1.33 bits per heavy atom. The Balaban J connectivity index is 2.35. The fourth-order valence-corrected chi connectivity index (χ4v) is 3.30. The zero-order valence-corrected chi connectivity index (χ0v) is 9.61. The van der Waals surface area contributed by atoms with Gasteiger partial charge >= 0.3 is 0 Å². The molecule has 1 aliphatic heterocycles. The summed E-state index contributed by atoms with van der Waals surface area (Å²) in [5.41, 5.74) is 1.01. The molecule has 1 nitrogen and oxygen atoms in total. The van der Waals surface area contributed by atoms with Crippen molar-refractivity contribution in [3.05, 3.63) is 35.1 Å². The van der Waals surface area contributed by atoms with Crippen molar-refractivity contribution < 1.29 is 9.50 Å². The Labute approximate surface area is 93.7 Å². The van der Waals surface area contributed by atoms with Gasteiger partial charge < -0.3 is 5.11 Å². The molecule has 1 aliphatic rings. The molecule has 0 atom stereocenters. The first-order valence-electron chi connectivity index (χ1n) is 5.19. The predicted molar refractivity (Wildman–Crippen MR) is 61.6 cm³/mol. The van der Waals surface area contributed by atoms with Crippen LogP contribution in [-0.2, 0) is 5.60 Å². The Bertz CT molecular complexity index is 359. The molecule has 0 amide bonds. The van der Waals surface area contributed by atoms with Crippen molar-refractivity contribution >= 4 is 11.8 Å². The van der Waals surface area contributed by atoms with E-state index in [0.717, 1.165) is 35.5 Å². The lowest BCUT2D eigenvalue weighted by Crippen LogP contribution is -2.31. The predicted octanol–water partition coefficient (Wildman–Crippen LogP) is 2.85. The monoisotopic (exact) mass is 226 g/mol. The summed E-state index contributed by atoms with van der Waals surface area (Å²) in [7, 11) is 0. The Morgan fingerprint density at radius 2 is 2.00 bits per heavy atom. The van der Waals surface area contributed by atoms with E-state index in [9.17, 15) is 9.50 Å². The molecule has 0 bridgehead atoms. The van der Waals surface area contributed by atoms with E-state index >= 15 is 0 Å². The Hall–Kier alpha value is -0.540. The number of aliphatic hydroxyl groups is 1. The van der Waals surface area contributed by atoms with E-state index in [4.69, 9.17) is 0 Å². The standard InChI is InChI=1S/C12H15FOS/c1-9-8-10(13)2-3-11(9)12(14)4-6-15-7-5-12/h2-3,8,14H,4-7H2,1H3. The summed E-state index contributed by atoms with van der Waals surface area (Å²) in [5.74, 6) is 1.73. The van der Waals surface area contributed by atoms with Crippen LogP contribution in [0.5, 0.6) is 0 Å². The first kappa shape index (κ1) is 11.0. The second-order valence-electron chi connectivity index (χ2n) is 4.10. The van der Waals surface area contributed by atoms with Crippen LogP contribution in [0.1, 0.15) is 24.0 Å². The summed E-state index contributed by atoms with van der Waals surface area (Å²) < 4.78 is 13.0. The lowest BCUT2D eigenvalue weighted by atomic mass is 9.85. The molecule has 1 N–H and O–H groups in total. The van der Waals surface area contributed by atoms with Gasteiger partial charge in [-0.1, -0.05) is 6.07 Å². The molecule has 0 unspecified atom stereocenters. The van der Waals surface area contributed by atoms with Crippen LogP contribution in [0.3, 0.4) is 0 Å². The number of aryl methyl sites for hydroxylation is 1. The second-order valence-corrected chi connectivity index (χ2v) is 5.33. The van der Waals surface area contributed by atoms with E-state index in [-0.39, 0.29) is 5.82 Å². The summed E-state index contributed by atoms with van der Waals surface area (Å²) in [6.07, 6.45) is 1.54. The van der Waals surface area contributed by atoms with Crippen molar-refractivity contribution in [2.75, 3.05) is 11.5 Å². The zero-order valence-electron chi connectivity index (χ0n) is 8.79. The van der Waals surface area contributed by atoms with Crippen LogP contribution in [0.15, 0.2) is 18.2 Å². The molecule has 2 rings (SSSR count). The van der Waals surface area contributed by atoms with Gasteiger partial charge in [-0.05, 0) is 54.5 Å². The fraction of sp³-hybridized carbons (Fsp3) is 0.500. The van der Waals surface area contributed by atoms with Crippen molar-refractivity contribution in [2.45, 2.75) is 25.4 Å². The highest BCUT2D eigenvalue weighted by molar-refractivity contribution is 7.99. The van der Waals surface area contributed by atoms with Crippen LogP contribution in [-0.4, -0.2) is 16.6 Å². The van der Waals surface area contributed by atoms with E-state index in [1.807, 2.05) is 18.7 Å². The normalized spacial score (nSPS) is 20.2. The third-order valence-electron chi connectivity index (χ3n) is 3.01. The molecule has 1 fully saturated rings. The molecular formula is C12H15FOS. The van der Waals surface area contributed by atoms with Gasteiger partial charge in [-0.15, -0.1) is 0 Å². The summed E-state index contributed by atoms with van der Waals surface area (Å²) in [4.78, 5) is 0. The molecule has 3 heteroatoms. The van der Waals surface area contributed by atoms with Crippen molar-refractivity contribution in [1.29, 1.82) is 0 Å². The first-order chi connectivity index (χ1) is 7.12. The summed E-state index contributed by atoms with van der Waals surface area (Å²) in [5, 5.41) is 10.5. The lowest BCUT2D eigenvalue weighted by Gasteiger charge is -2.33. The van der Waals surface area contributed by atoms with E-state index in [2.05, 4.69) is 0 Å². The quantitative estimate of drug-likeness (QED) is 0.794. The van der Waals surface area contributed by atoms with Crippen molar-refractivity contribution in [2.24, 2.45) is 0 Å². The highest BCUT2D eigenvalue weighted by atomic mass is 32.2. The van der Waals surface area contributed by atoms with Gasteiger partial charge in [0, 0.05) is 0 Å². The zero-order chi connectivity index (χ0) is 10.9. The van der Waals surface area contributed by atoms with E-state index in [1.165, 1.54) is 12.1 Å². The smallest absolute Gasteiger partial charge is 0.123 e. The Kier molecular flexibility index (Phi) is 3.03. The molecule has 0 saturated carbocycles. The molecule has 0 aliphatic carbocycles. The van der Waals surface area contributed by atoms with Crippen LogP contribution < -0.4 is 0 Å². The van der Waals surface area contributed by atoms with Gasteiger partial charge in [-0.2, -0.15) is 11.8 Å². The maximum absolute atomic E-state index is 13.0. The molecular weight excluding hydrogens is 211 g/mol. The number of hydrogen-bond donors (Lipinski definition) is 1. The first-order valence-corrected chi connectivity index (χ1v) is 6.34. The minimum absolute atomic E-state index is 0.231. The maximum atomic E-state index is 13.0. The summed E-state index contributed by atoms with van der Waals surface area (Å²) >= 11 is 1.87. The average Bonchev–Trinajstić information content (AvgIpc) is 2.18. The largest absolute Gasteiger partial charge is 0.385 e. The number of thioether (sulfide) groups is 1. The lowest BCUT2D eigenvalue weighted by molar-refractivity contribution is 0.0274. The SMILES string of the molecule is Cc1cc(F)ccc1C1(O)CCSCC1. The van der Waals surface area contributed by atoms with Gasteiger partial charge in [0.05, 0.1) is 5.60 Å². The van der Waals surface area contributed by atoms with Gasteiger partial charge in [-0.3, -0.25) is 0 Å². The third kappa shape index (κ3) is 2.18. The molecule has 1 aromatic carbocycles. The number of benzene rings is 1. The van der Waals surface area contributed by atoms with Crippen molar-refractivity contribution in [1.82, 2.24) is 0 Å². The van der Waals surface area contributed by atoms with E-state index in [1.54, 1.807) is 6.07 Å². The Morgan fingerprint density at radius 3 is 2.60 bits per heavy atom. The molecule has 82 valence electrons. The summed E-state index contributed by atoms with van der Waals surface area (Å²) in [6.45, 7) is 1.86. The van der Waals surface area contributed by atoms with Gasteiger partial charge in [0.1, 0.15) is 5.82 Å². The summed E-state index contributed by atoms with van der Waals surface area (Å²) in [6, 6.07) is 4.65. The van der Waals surface area contributed by atoms with Crippen LogP contribution in [0, 0.1) is 12.7 Å². The molecule has 15 heavy (non-hydrogen) atoms. The molecule has 1 heterocycles. The second kappa shape index (κ2) is 4.14. The van der Waals surface area contributed by atoms with Crippen molar-refractivity contribution in [3.63, 3.8) is 0 Å². The van der Waals surface area contributed by atoms with Gasteiger partial charge in [0.15, 0.2) is 0 Å². The van der Waals surface area contributed by atoms with Gasteiger partial charge in [0.25, 0.3) is 0 Å². The minimum Gasteiger partial charge on any atom is -0.385 e. The molecule has 0 aromatic heterocycles. The van der Waals surface area contributed by atoms with Crippen LogP contribution in [0.25, 0.3) is 0 Å². The maximum Gasteiger partial charge on any atom is 0.123 e. The van der Waals surface area contributed by atoms with Crippen molar-refractivity contribution in [3.8, 4) is 0 Å². The molecule has 1 saturated heterocycles.